The fourth-order valence-corrected chi connectivity index (χ4v) is 3.92. The molecule has 9 N–H and O–H groups in total. The fraction of sp³-hybridized carbons (Fsp3) is 1.00. The Kier molecular flexibility index (Phi) is 8.44. The summed E-state index contributed by atoms with van der Waals surface area (Å²) in [4.78, 5) is 0. The van der Waals surface area contributed by atoms with Crippen molar-refractivity contribution in [3.8, 4) is 0 Å². The van der Waals surface area contributed by atoms with Gasteiger partial charge in [0.25, 0.3) is 0 Å². The van der Waals surface area contributed by atoms with Crippen LogP contribution in [0.25, 0.3) is 0 Å². The monoisotopic (exact) mass is 472 g/mol. The normalized spacial score (nSPS) is 55.0. The molecule has 3 saturated heterocycles. The molecule has 3 aliphatic heterocycles. The first-order chi connectivity index (χ1) is 15.0. The average molecular weight is 472 g/mol. The van der Waals surface area contributed by atoms with E-state index in [0.29, 0.717) is 0 Å². The average Bonchev–Trinajstić information content (AvgIpc) is 2.76. The second kappa shape index (κ2) is 10.4. The molecule has 3 rings (SSSR count). The largest absolute Gasteiger partial charge is 0.394 e. The van der Waals surface area contributed by atoms with Crippen LogP contribution in [0.4, 0.5) is 0 Å². The minimum atomic E-state index is -1.80. The maximum absolute atomic E-state index is 10.6. The number of aliphatic hydroxyl groups is 9. The standard InChI is InChI=1S/C18H32O14/c1-4-7(20)10(23)12(25)17(29-4)31-14-8(21)5(2)28-16(27)15(14)32-18-13(26)11(24)9(22)6(3-19)30-18/h4-27H,3H2,1-2H3/t4-,5-,6+,7+,8-,9+,10+,11-,12-,13+,14+,15+,16?,17+,18-/m0/s1. The molecular formula is C18H32O14. The molecule has 0 aromatic carbocycles. The van der Waals surface area contributed by atoms with Gasteiger partial charge in [0.05, 0.1) is 18.8 Å². The van der Waals surface area contributed by atoms with Crippen LogP contribution in [0, 0.1) is 0 Å². The molecule has 15 atom stereocenters. The molecule has 3 aliphatic rings. The summed E-state index contributed by atoms with van der Waals surface area (Å²) in [5.41, 5.74) is 0. The molecule has 0 aliphatic carbocycles. The molecule has 0 saturated carbocycles. The molecule has 0 spiro atoms. The van der Waals surface area contributed by atoms with Crippen LogP contribution >= 0.6 is 0 Å². The quantitative estimate of drug-likeness (QED) is 0.182. The van der Waals surface area contributed by atoms with Crippen LogP contribution in [0.1, 0.15) is 13.8 Å². The van der Waals surface area contributed by atoms with E-state index in [4.69, 9.17) is 23.7 Å². The van der Waals surface area contributed by atoms with Crippen molar-refractivity contribution in [2.45, 2.75) is 106 Å². The van der Waals surface area contributed by atoms with Crippen molar-refractivity contribution in [2.24, 2.45) is 0 Å². The molecule has 188 valence electrons. The van der Waals surface area contributed by atoms with Gasteiger partial charge in [-0.15, -0.1) is 0 Å². The van der Waals surface area contributed by atoms with Gasteiger partial charge in [0.15, 0.2) is 18.9 Å². The van der Waals surface area contributed by atoms with Crippen LogP contribution in [-0.4, -0.2) is 145 Å². The Labute approximate surface area is 183 Å². The van der Waals surface area contributed by atoms with Crippen LogP contribution in [-0.2, 0) is 23.7 Å². The van der Waals surface area contributed by atoms with Gasteiger partial charge >= 0.3 is 0 Å². The van der Waals surface area contributed by atoms with Crippen LogP contribution in [0.15, 0.2) is 0 Å². The Bertz CT molecular complexity index is 608. The molecule has 32 heavy (non-hydrogen) atoms. The lowest BCUT2D eigenvalue weighted by molar-refractivity contribution is -0.384. The van der Waals surface area contributed by atoms with Gasteiger partial charge < -0.3 is 69.6 Å². The Balaban J connectivity index is 1.79. The zero-order valence-electron chi connectivity index (χ0n) is 17.4. The first-order valence-electron chi connectivity index (χ1n) is 10.3. The van der Waals surface area contributed by atoms with Gasteiger partial charge in [-0.05, 0) is 13.8 Å². The number of rotatable bonds is 5. The second-order valence-corrected chi connectivity index (χ2v) is 8.30. The summed E-state index contributed by atoms with van der Waals surface area (Å²) in [5.74, 6) is 0. The smallest absolute Gasteiger partial charge is 0.187 e. The van der Waals surface area contributed by atoms with E-state index < -0.39 is 98.7 Å². The topological polar surface area (TPSA) is 228 Å². The maximum Gasteiger partial charge on any atom is 0.187 e. The van der Waals surface area contributed by atoms with Crippen molar-refractivity contribution in [2.75, 3.05) is 6.61 Å². The van der Waals surface area contributed by atoms with Crippen molar-refractivity contribution in [1.82, 2.24) is 0 Å². The van der Waals surface area contributed by atoms with Crippen molar-refractivity contribution in [3.05, 3.63) is 0 Å². The molecular weight excluding hydrogens is 440 g/mol. The van der Waals surface area contributed by atoms with Crippen molar-refractivity contribution in [3.63, 3.8) is 0 Å². The van der Waals surface area contributed by atoms with Gasteiger partial charge in [0, 0.05) is 0 Å². The molecule has 0 amide bonds. The number of hydrogen-bond donors (Lipinski definition) is 9. The lowest BCUT2D eigenvalue weighted by Gasteiger charge is -2.47. The molecule has 0 aromatic rings. The van der Waals surface area contributed by atoms with E-state index in [2.05, 4.69) is 0 Å². The molecule has 14 nitrogen and oxygen atoms in total. The van der Waals surface area contributed by atoms with Gasteiger partial charge in [-0.25, -0.2) is 0 Å². The molecule has 14 heteroatoms. The van der Waals surface area contributed by atoms with Crippen LogP contribution in [0.5, 0.6) is 0 Å². The molecule has 1 unspecified atom stereocenters. The lowest BCUT2D eigenvalue weighted by Crippen LogP contribution is -2.66. The lowest BCUT2D eigenvalue weighted by atomic mass is 9.96. The van der Waals surface area contributed by atoms with Gasteiger partial charge in [0.1, 0.15) is 61.0 Å². The highest BCUT2D eigenvalue weighted by atomic mass is 16.8. The van der Waals surface area contributed by atoms with Crippen molar-refractivity contribution in [1.29, 1.82) is 0 Å². The van der Waals surface area contributed by atoms with E-state index in [-0.39, 0.29) is 0 Å². The predicted octanol–water partition coefficient (Wildman–Crippen LogP) is -5.52. The predicted molar refractivity (Wildman–Crippen MR) is 98.4 cm³/mol. The molecule has 0 aromatic heterocycles. The van der Waals surface area contributed by atoms with Crippen molar-refractivity contribution < 1.29 is 69.6 Å². The van der Waals surface area contributed by atoms with Crippen LogP contribution < -0.4 is 0 Å². The highest BCUT2D eigenvalue weighted by Gasteiger charge is 2.52. The summed E-state index contributed by atoms with van der Waals surface area (Å²) in [6.07, 6.45) is -22.6. The minimum Gasteiger partial charge on any atom is -0.394 e. The molecule has 3 heterocycles. The zero-order chi connectivity index (χ0) is 23.9. The maximum atomic E-state index is 10.6. The Morgan fingerprint density at radius 3 is 1.66 bits per heavy atom. The molecule has 3 fully saturated rings. The molecule has 0 radical (unpaired) electrons. The number of ether oxygens (including phenoxy) is 5. The Morgan fingerprint density at radius 1 is 0.562 bits per heavy atom. The van der Waals surface area contributed by atoms with E-state index in [9.17, 15) is 46.0 Å². The summed E-state index contributed by atoms with van der Waals surface area (Å²) < 4.78 is 27.0. The summed E-state index contributed by atoms with van der Waals surface area (Å²) in [6, 6.07) is 0. The third-order valence-corrected chi connectivity index (χ3v) is 6.02. The van der Waals surface area contributed by atoms with E-state index in [1.54, 1.807) is 0 Å². The summed E-state index contributed by atoms with van der Waals surface area (Å²) in [5, 5.41) is 90.4. The van der Waals surface area contributed by atoms with E-state index >= 15 is 0 Å². The van der Waals surface area contributed by atoms with Gasteiger partial charge in [-0.1, -0.05) is 0 Å². The van der Waals surface area contributed by atoms with Gasteiger partial charge in [0.2, 0.25) is 0 Å². The third kappa shape index (κ3) is 4.94. The highest BCUT2D eigenvalue weighted by molar-refractivity contribution is 4.95. The summed E-state index contributed by atoms with van der Waals surface area (Å²) in [7, 11) is 0. The summed E-state index contributed by atoms with van der Waals surface area (Å²) in [6.45, 7) is 2.14. The fourth-order valence-electron chi connectivity index (χ4n) is 3.92. The van der Waals surface area contributed by atoms with Crippen LogP contribution in [0.2, 0.25) is 0 Å². The SMILES string of the molecule is C[C@@H]1OC(O)[C@H](O[C@@H]2O[C@H](CO)[C@@H](O)[C@H](O)[C@H]2O)[C@H](O[C@H]2O[C@@H](C)[C@@H](O)[C@@H](O)[C@@H]2O)[C@H]1O. The number of aliphatic hydroxyl groups excluding tert-OH is 9. The first kappa shape index (κ1) is 26.1. The minimum absolute atomic E-state index is 0.714. The highest BCUT2D eigenvalue weighted by Crippen LogP contribution is 2.32. The van der Waals surface area contributed by atoms with E-state index in [0.717, 1.165) is 0 Å². The first-order valence-corrected chi connectivity index (χ1v) is 10.3. The number of hydrogen-bond acceptors (Lipinski definition) is 14. The van der Waals surface area contributed by atoms with E-state index in [1.807, 2.05) is 0 Å². The zero-order valence-corrected chi connectivity index (χ0v) is 17.4. The van der Waals surface area contributed by atoms with Crippen molar-refractivity contribution >= 4 is 0 Å². The Hall–Kier alpha value is -0.560. The third-order valence-electron chi connectivity index (χ3n) is 6.02. The van der Waals surface area contributed by atoms with Gasteiger partial charge in [-0.3, -0.25) is 0 Å². The van der Waals surface area contributed by atoms with Gasteiger partial charge in [-0.2, -0.15) is 0 Å². The second-order valence-electron chi connectivity index (χ2n) is 8.30. The molecule has 0 bridgehead atoms. The summed E-state index contributed by atoms with van der Waals surface area (Å²) >= 11 is 0. The Morgan fingerprint density at radius 2 is 1.06 bits per heavy atom. The van der Waals surface area contributed by atoms with E-state index in [1.165, 1.54) is 13.8 Å². The van der Waals surface area contributed by atoms with Crippen LogP contribution in [0.3, 0.4) is 0 Å².